The first-order valence-electron chi connectivity index (χ1n) is 9.14. The summed E-state index contributed by atoms with van der Waals surface area (Å²) in [5.74, 6) is -0.649. The normalized spacial score (nSPS) is 16.3. The number of piperazine rings is 1. The summed E-state index contributed by atoms with van der Waals surface area (Å²) in [4.78, 5) is 14.1. The highest BCUT2D eigenvalue weighted by Crippen LogP contribution is 2.22. The van der Waals surface area contributed by atoms with Crippen molar-refractivity contribution in [2.75, 3.05) is 39.8 Å². The minimum atomic E-state index is -3.75. The number of sulfonamides is 1. The molecule has 0 aromatic heterocycles. The van der Waals surface area contributed by atoms with Crippen LogP contribution >= 0.6 is 0 Å². The molecule has 2 aromatic rings. The molecule has 0 unspecified atom stereocenters. The van der Waals surface area contributed by atoms with Gasteiger partial charge in [-0.25, -0.2) is 13.2 Å². The third kappa shape index (κ3) is 4.67. The molecule has 0 radical (unpaired) electrons. The SMILES string of the molecule is COC(=O)c1ccccc1S(=O)(=O)N1CCN(C/C=C\c2ccccc2)CC1. The maximum atomic E-state index is 13.0. The van der Waals surface area contributed by atoms with Crippen LogP contribution in [-0.4, -0.2) is 63.4 Å². The number of methoxy groups -OCH3 is 1. The molecule has 3 rings (SSSR count). The number of carbonyl (C=O) groups is 1. The molecule has 0 bridgehead atoms. The van der Waals surface area contributed by atoms with Gasteiger partial charge < -0.3 is 4.74 Å². The Morgan fingerprint density at radius 2 is 1.64 bits per heavy atom. The van der Waals surface area contributed by atoms with E-state index in [-0.39, 0.29) is 10.5 Å². The van der Waals surface area contributed by atoms with Gasteiger partial charge in [-0.05, 0) is 17.7 Å². The highest BCUT2D eigenvalue weighted by Gasteiger charge is 2.31. The molecule has 0 aliphatic carbocycles. The van der Waals surface area contributed by atoms with E-state index < -0.39 is 16.0 Å². The molecule has 2 aromatic carbocycles. The van der Waals surface area contributed by atoms with Gasteiger partial charge in [-0.2, -0.15) is 4.31 Å². The first kappa shape index (κ1) is 20.3. The molecule has 1 saturated heterocycles. The van der Waals surface area contributed by atoms with Gasteiger partial charge in [0.25, 0.3) is 0 Å². The molecule has 28 heavy (non-hydrogen) atoms. The largest absolute Gasteiger partial charge is 0.465 e. The average Bonchev–Trinajstić information content (AvgIpc) is 2.74. The van der Waals surface area contributed by atoms with Crippen molar-refractivity contribution >= 4 is 22.1 Å². The zero-order chi connectivity index (χ0) is 20.0. The van der Waals surface area contributed by atoms with Gasteiger partial charge in [0.2, 0.25) is 10.0 Å². The number of benzene rings is 2. The van der Waals surface area contributed by atoms with E-state index >= 15 is 0 Å². The summed E-state index contributed by atoms with van der Waals surface area (Å²) in [7, 11) is -2.50. The van der Waals surface area contributed by atoms with E-state index in [1.807, 2.05) is 30.3 Å². The van der Waals surface area contributed by atoms with Crippen molar-refractivity contribution in [3.05, 3.63) is 71.8 Å². The summed E-state index contributed by atoms with van der Waals surface area (Å²) in [5, 5.41) is 0. The average molecular weight is 401 g/mol. The highest BCUT2D eigenvalue weighted by molar-refractivity contribution is 7.89. The Morgan fingerprint density at radius 1 is 1.00 bits per heavy atom. The van der Waals surface area contributed by atoms with Crippen LogP contribution in [0.3, 0.4) is 0 Å². The summed E-state index contributed by atoms with van der Waals surface area (Å²) in [5.41, 5.74) is 1.21. The zero-order valence-electron chi connectivity index (χ0n) is 15.8. The van der Waals surface area contributed by atoms with Crippen LogP contribution in [-0.2, 0) is 14.8 Å². The number of ether oxygens (including phenoxy) is 1. The maximum Gasteiger partial charge on any atom is 0.339 e. The monoisotopic (exact) mass is 400 g/mol. The number of carbonyl (C=O) groups excluding carboxylic acids is 1. The van der Waals surface area contributed by atoms with Crippen LogP contribution in [0.2, 0.25) is 0 Å². The van der Waals surface area contributed by atoms with Crippen molar-refractivity contribution in [2.45, 2.75) is 4.90 Å². The van der Waals surface area contributed by atoms with Gasteiger partial charge in [-0.3, -0.25) is 4.90 Å². The first-order chi connectivity index (χ1) is 13.5. The molecule has 0 spiro atoms. The Morgan fingerprint density at radius 3 is 2.32 bits per heavy atom. The smallest absolute Gasteiger partial charge is 0.339 e. The topological polar surface area (TPSA) is 66.9 Å². The maximum absolute atomic E-state index is 13.0. The fourth-order valence-electron chi connectivity index (χ4n) is 3.16. The lowest BCUT2D eigenvalue weighted by atomic mass is 10.2. The number of rotatable bonds is 6. The molecular formula is C21H24N2O4S. The van der Waals surface area contributed by atoms with Crippen LogP contribution in [0.4, 0.5) is 0 Å². The summed E-state index contributed by atoms with van der Waals surface area (Å²) in [6.45, 7) is 2.81. The van der Waals surface area contributed by atoms with Crippen LogP contribution in [0.25, 0.3) is 6.08 Å². The summed E-state index contributed by atoms with van der Waals surface area (Å²) < 4.78 is 32.2. The summed E-state index contributed by atoms with van der Waals surface area (Å²) >= 11 is 0. The van der Waals surface area contributed by atoms with E-state index in [0.717, 1.165) is 12.1 Å². The molecule has 1 aliphatic heterocycles. The summed E-state index contributed by atoms with van der Waals surface area (Å²) in [6, 6.07) is 16.2. The van der Waals surface area contributed by atoms with E-state index in [2.05, 4.69) is 17.1 Å². The molecular weight excluding hydrogens is 376 g/mol. The first-order valence-corrected chi connectivity index (χ1v) is 10.6. The lowest BCUT2D eigenvalue weighted by Gasteiger charge is -2.33. The van der Waals surface area contributed by atoms with E-state index in [4.69, 9.17) is 4.74 Å². The van der Waals surface area contributed by atoms with Gasteiger partial charge in [-0.15, -0.1) is 0 Å². The molecule has 0 saturated carbocycles. The molecule has 148 valence electrons. The molecule has 0 atom stereocenters. The number of esters is 1. The summed E-state index contributed by atoms with van der Waals surface area (Å²) in [6.07, 6.45) is 4.15. The number of nitrogens with zero attached hydrogens (tertiary/aromatic N) is 2. The Kier molecular flexibility index (Phi) is 6.61. The predicted molar refractivity (Wildman–Crippen MR) is 108 cm³/mol. The third-order valence-corrected chi connectivity index (χ3v) is 6.67. The second-order valence-electron chi connectivity index (χ2n) is 6.51. The molecule has 0 amide bonds. The van der Waals surface area contributed by atoms with Crippen molar-refractivity contribution in [1.82, 2.24) is 9.21 Å². The fourth-order valence-corrected chi connectivity index (χ4v) is 4.77. The van der Waals surface area contributed by atoms with Crippen molar-refractivity contribution in [2.24, 2.45) is 0 Å². The standard InChI is InChI=1S/C21H24N2O4S/c1-27-21(24)19-11-5-6-12-20(19)28(25,26)23-16-14-22(15-17-23)13-7-10-18-8-3-2-4-9-18/h2-12H,13-17H2,1H3/b10-7-. The molecule has 6 nitrogen and oxygen atoms in total. The molecule has 0 N–H and O–H groups in total. The minimum absolute atomic E-state index is 0.000673. The highest BCUT2D eigenvalue weighted by atomic mass is 32.2. The predicted octanol–water partition coefficient (Wildman–Crippen LogP) is 2.49. The lowest BCUT2D eigenvalue weighted by Crippen LogP contribution is -2.48. The van der Waals surface area contributed by atoms with Gasteiger partial charge in [0, 0.05) is 32.7 Å². The quantitative estimate of drug-likeness (QED) is 0.697. The number of hydrogen-bond acceptors (Lipinski definition) is 5. The Hall–Kier alpha value is -2.48. The Bertz CT molecular complexity index is 934. The number of hydrogen-bond donors (Lipinski definition) is 0. The second-order valence-corrected chi connectivity index (χ2v) is 8.41. The van der Waals surface area contributed by atoms with Crippen molar-refractivity contribution in [1.29, 1.82) is 0 Å². The van der Waals surface area contributed by atoms with Crippen LogP contribution < -0.4 is 0 Å². The van der Waals surface area contributed by atoms with Crippen molar-refractivity contribution in [3.63, 3.8) is 0 Å². The third-order valence-electron chi connectivity index (χ3n) is 4.71. The molecule has 1 fully saturated rings. The van der Waals surface area contributed by atoms with Crippen molar-refractivity contribution in [3.8, 4) is 0 Å². The molecule has 7 heteroatoms. The molecule has 1 aliphatic rings. The van der Waals surface area contributed by atoms with E-state index in [1.54, 1.807) is 12.1 Å². The van der Waals surface area contributed by atoms with E-state index in [9.17, 15) is 13.2 Å². The second kappa shape index (κ2) is 9.14. The van der Waals surface area contributed by atoms with E-state index in [1.165, 1.54) is 23.5 Å². The fraction of sp³-hybridized carbons (Fsp3) is 0.286. The van der Waals surface area contributed by atoms with Crippen LogP contribution in [0.1, 0.15) is 15.9 Å². The lowest BCUT2D eigenvalue weighted by molar-refractivity contribution is 0.0596. The Labute approximate surface area is 166 Å². The zero-order valence-corrected chi connectivity index (χ0v) is 16.6. The van der Waals surface area contributed by atoms with Gasteiger partial charge in [0.05, 0.1) is 17.6 Å². The minimum Gasteiger partial charge on any atom is -0.465 e. The van der Waals surface area contributed by atoms with Crippen LogP contribution in [0.5, 0.6) is 0 Å². The van der Waals surface area contributed by atoms with Crippen LogP contribution in [0.15, 0.2) is 65.6 Å². The van der Waals surface area contributed by atoms with Crippen LogP contribution in [0, 0.1) is 0 Å². The van der Waals surface area contributed by atoms with E-state index in [0.29, 0.717) is 26.2 Å². The van der Waals surface area contributed by atoms with Gasteiger partial charge in [0.15, 0.2) is 0 Å². The molecule has 1 heterocycles. The van der Waals surface area contributed by atoms with Gasteiger partial charge in [0.1, 0.15) is 0 Å². The van der Waals surface area contributed by atoms with Gasteiger partial charge in [-0.1, -0.05) is 54.6 Å². The Balaban J connectivity index is 1.63. The van der Waals surface area contributed by atoms with Gasteiger partial charge >= 0.3 is 5.97 Å². The van der Waals surface area contributed by atoms with Crippen molar-refractivity contribution < 1.29 is 17.9 Å².